The van der Waals surface area contributed by atoms with Crippen LogP contribution in [0, 0.1) is 0 Å². The summed E-state index contributed by atoms with van der Waals surface area (Å²) in [6, 6.07) is 0. The van der Waals surface area contributed by atoms with Crippen molar-refractivity contribution in [2.75, 3.05) is 0 Å². The maximum atomic E-state index is 9.23. The Kier molecular flexibility index (Phi) is 2.07. The van der Waals surface area contributed by atoms with Crippen molar-refractivity contribution >= 4 is 11.3 Å². The number of nitrogens with zero attached hydrogens (tertiary/aromatic N) is 3. The highest BCUT2D eigenvalue weighted by molar-refractivity contribution is 7.13. The third kappa shape index (κ3) is 1.58. The minimum absolute atomic E-state index is 0.534. The lowest BCUT2D eigenvalue weighted by Gasteiger charge is -1.95. The number of nitrogens with one attached hydrogen (secondary N) is 1. The summed E-state index contributed by atoms with van der Waals surface area (Å²) < 4.78 is 0. The molecule has 68 valence electrons. The number of rotatable bonds is 2. The number of aromatic amines is 1. The van der Waals surface area contributed by atoms with Crippen LogP contribution in [0.1, 0.15) is 18.7 Å². The highest BCUT2D eigenvalue weighted by Crippen LogP contribution is 2.22. The summed E-state index contributed by atoms with van der Waals surface area (Å²) in [6.45, 7) is 1.68. The average molecular weight is 196 g/mol. The lowest BCUT2D eigenvalue weighted by molar-refractivity contribution is 0.195. The average Bonchev–Trinajstić information content (AvgIpc) is 2.75. The van der Waals surface area contributed by atoms with Gasteiger partial charge in [-0.25, -0.2) is 9.97 Å². The highest BCUT2D eigenvalue weighted by Gasteiger charge is 2.09. The minimum atomic E-state index is -0.534. The van der Waals surface area contributed by atoms with Crippen LogP contribution >= 0.6 is 11.3 Å². The Bertz CT molecular complexity index is 381. The van der Waals surface area contributed by atoms with Gasteiger partial charge in [0, 0.05) is 5.38 Å². The van der Waals surface area contributed by atoms with Crippen molar-refractivity contribution in [1.82, 2.24) is 20.2 Å². The Morgan fingerprint density at radius 1 is 1.62 bits per heavy atom. The molecule has 2 heterocycles. The lowest BCUT2D eigenvalue weighted by atomic mass is 10.3. The maximum Gasteiger partial charge on any atom is 0.184 e. The van der Waals surface area contributed by atoms with E-state index in [-0.39, 0.29) is 0 Å². The van der Waals surface area contributed by atoms with E-state index in [0.29, 0.717) is 11.5 Å². The number of aliphatic hydroxyl groups is 1. The van der Waals surface area contributed by atoms with Crippen LogP contribution in [0.25, 0.3) is 10.8 Å². The second-order valence-corrected chi connectivity index (χ2v) is 3.45. The highest BCUT2D eigenvalue weighted by atomic mass is 32.1. The molecule has 0 aliphatic heterocycles. The first-order valence-electron chi connectivity index (χ1n) is 3.76. The van der Waals surface area contributed by atoms with Crippen LogP contribution in [0.2, 0.25) is 0 Å². The zero-order valence-electron chi connectivity index (χ0n) is 6.93. The standard InChI is InChI=1S/C7H8N4OS/c1-4(12)5-2-13-7(10-5)6-8-3-9-11-6/h2-4,12H,1H3,(H,8,9,11). The summed E-state index contributed by atoms with van der Waals surface area (Å²) in [7, 11) is 0. The molecule has 1 unspecified atom stereocenters. The van der Waals surface area contributed by atoms with Crippen molar-refractivity contribution in [2.45, 2.75) is 13.0 Å². The van der Waals surface area contributed by atoms with Gasteiger partial charge in [0.15, 0.2) is 10.8 Å². The molecule has 0 aliphatic rings. The van der Waals surface area contributed by atoms with E-state index in [1.807, 2.05) is 5.38 Å². The molecule has 2 rings (SSSR count). The maximum absolute atomic E-state index is 9.23. The fourth-order valence-corrected chi connectivity index (χ4v) is 1.75. The van der Waals surface area contributed by atoms with E-state index in [9.17, 15) is 5.11 Å². The Labute approximate surface area is 78.5 Å². The number of H-pyrrole nitrogens is 1. The van der Waals surface area contributed by atoms with Crippen molar-refractivity contribution in [3.8, 4) is 10.8 Å². The summed E-state index contributed by atoms with van der Waals surface area (Å²) >= 11 is 1.43. The topological polar surface area (TPSA) is 74.7 Å². The van der Waals surface area contributed by atoms with Gasteiger partial charge in [-0.15, -0.1) is 11.3 Å². The third-order valence-corrected chi connectivity index (χ3v) is 2.43. The summed E-state index contributed by atoms with van der Waals surface area (Å²) in [6.07, 6.45) is 0.895. The molecule has 0 saturated carbocycles. The first-order valence-corrected chi connectivity index (χ1v) is 4.64. The van der Waals surface area contributed by atoms with E-state index in [4.69, 9.17) is 0 Å². The molecule has 2 N–H and O–H groups in total. The number of hydrogen-bond donors (Lipinski definition) is 2. The second-order valence-electron chi connectivity index (χ2n) is 2.59. The lowest BCUT2D eigenvalue weighted by Crippen LogP contribution is -1.90. The van der Waals surface area contributed by atoms with Crippen molar-refractivity contribution in [1.29, 1.82) is 0 Å². The SMILES string of the molecule is CC(O)c1csc(-c2ncn[nH]2)n1. The molecule has 6 heteroatoms. The summed E-state index contributed by atoms with van der Waals surface area (Å²) in [4.78, 5) is 8.15. The molecule has 2 aromatic rings. The van der Waals surface area contributed by atoms with Gasteiger partial charge in [0.05, 0.1) is 11.8 Å². The summed E-state index contributed by atoms with van der Waals surface area (Å²) in [5.41, 5.74) is 0.663. The van der Waals surface area contributed by atoms with Gasteiger partial charge in [-0.2, -0.15) is 5.10 Å². The van der Waals surface area contributed by atoms with E-state index in [1.54, 1.807) is 6.92 Å². The molecule has 0 spiro atoms. The molecule has 5 nitrogen and oxygen atoms in total. The number of hydrogen-bond acceptors (Lipinski definition) is 5. The molecular formula is C7H8N4OS. The quantitative estimate of drug-likeness (QED) is 0.750. The predicted octanol–water partition coefficient (Wildman–Crippen LogP) is 0.981. The van der Waals surface area contributed by atoms with Gasteiger partial charge in [-0.05, 0) is 6.92 Å². The minimum Gasteiger partial charge on any atom is -0.387 e. The van der Waals surface area contributed by atoms with Crippen LogP contribution in [-0.2, 0) is 0 Å². The van der Waals surface area contributed by atoms with Gasteiger partial charge in [0.25, 0.3) is 0 Å². The van der Waals surface area contributed by atoms with Crippen molar-refractivity contribution in [2.24, 2.45) is 0 Å². The molecule has 0 amide bonds. The Hall–Kier alpha value is -1.27. The van der Waals surface area contributed by atoms with Crippen LogP contribution in [-0.4, -0.2) is 25.3 Å². The van der Waals surface area contributed by atoms with Crippen LogP contribution in [0.5, 0.6) is 0 Å². The monoisotopic (exact) mass is 196 g/mol. The summed E-state index contributed by atoms with van der Waals surface area (Å²) in [5.74, 6) is 0.636. The van der Waals surface area contributed by atoms with Gasteiger partial charge >= 0.3 is 0 Å². The molecule has 2 aromatic heterocycles. The molecule has 0 bridgehead atoms. The van der Waals surface area contributed by atoms with Gasteiger partial charge in [0.1, 0.15) is 6.33 Å². The fraction of sp³-hybridized carbons (Fsp3) is 0.286. The fourth-order valence-electron chi connectivity index (χ4n) is 0.895. The van der Waals surface area contributed by atoms with Gasteiger partial charge in [-0.1, -0.05) is 0 Å². The molecular weight excluding hydrogens is 188 g/mol. The van der Waals surface area contributed by atoms with E-state index >= 15 is 0 Å². The van der Waals surface area contributed by atoms with Crippen LogP contribution in [0.3, 0.4) is 0 Å². The molecule has 0 fully saturated rings. The smallest absolute Gasteiger partial charge is 0.184 e. The first kappa shape index (κ1) is 8.33. The number of aromatic nitrogens is 4. The first-order chi connectivity index (χ1) is 6.27. The Balaban J connectivity index is 2.33. The van der Waals surface area contributed by atoms with Crippen molar-refractivity contribution in [3.05, 3.63) is 17.4 Å². The normalized spacial score (nSPS) is 13.1. The van der Waals surface area contributed by atoms with Gasteiger partial charge < -0.3 is 5.11 Å². The number of aliphatic hydroxyl groups excluding tert-OH is 1. The van der Waals surface area contributed by atoms with Gasteiger partial charge in [-0.3, -0.25) is 5.10 Å². The molecule has 0 aromatic carbocycles. The second kappa shape index (κ2) is 3.23. The van der Waals surface area contributed by atoms with Crippen molar-refractivity contribution in [3.63, 3.8) is 0 Å². The predicted molar refractivity (Wildman–Crippen MR) is 48.1 cm³/mol. The third-order valence-electron chi connectivity index (χ3n) is 1.57. The zero-order chi connectivity index (χ0) is 9.26. The summed E-state index contributed by atoms with van der Waals surface area (Å²) in [5, 5.41) is 18.2. The van der Waals surface area contributed by atoms with Crippen LogP contribution in [0.4, 0.5) is 0 Å². The van der Waals surface area contributed by atoms with Crippen LogP contribution < -0.4 is 0 Å². The Morgan fingerprint density at radius 2 is 2.46 bits per heavy atom. The largest absolute Gasteiger partial charge is 0.387 e. The zero-order valence-corrected chi connectivity index (χ0v) is 7.75. The molecule has 0 radical (unpaired) electrons. The van der Waals surface area contributed by atoms with E-state index < -0.39 is 6.10 Å². The Morgan fingerprint density at radius 3 is 3.00 bits per heavy atom. The van der Waals surface area contributed by atoms with E-state index in [2.05, 4.69) is 20.2 Å². The van der Waals surface area contributed by atoms with E-state index in [1.165, 1.54) is 17.7 Å². The molecule has 0 saturated heterocycles. The van der Waals surface area contributed by atoms with E-state index in [0.717, 1.165) is 5.01 Å². The molecule has 13 heavy (non-hydrogen) atoms. The van der Waals surface area contributed by atoms with Gasteiger partial charge in [0.2, 0.25) is 0 Å². The van der Waals surface area contributed by atoms with Crippen LogP contribution in [0.15, 0.2) is 11.7 Å². The van der Waals surface area contributed by atoms with Crippen molar-refractivity contribution < 1.29 is 5.11 Å². The molecule has 0 aliphatic carbocycles. The number of thiazole rings is 1. The molecule has 1 atom stereocenters.